The van der Waals surface area contributed by atoms with Crippen molar-refractivity contribution in [3.8, 4) is 0 Å². The lowest BCUT2D eigenvalue weighted by molar-refractivity contribution is 0.420. The Kier molecular flexibility index (Phi) is 3.62. The summed E-state index contributed by atoms with van der Waals surface area (Å²) in [5.74, 6) is 1.09. The summed E-state index contributed by atoms with van der Waals surface area (Å²) in [5.41, 5.74) is 0. The van der Waals surface area contributed by atoms with Gasteiger partial charge in [-0.05, 0) is 38.3 Å². The molecule has 1 aliphatic rings. The van der Waals surface area contributed by atoms with Crippen LogP contribution in [0, 0.1) is 0 Å². The van der Waals surface area contributed by atoms with E-state index in [1.54, 1.807) is 6.26 Å². The maximum absolute atomic E-state index is 5.31. The molecule has 0 saturated carbocycles. The zero-order valence-electron chi connectivity index (χ0n) is 9.28. The maximum Gasteiger partial charge on any atom is 0.103 e. The second kappa shape index (κ2) is 5.17. The summed E-state index contributed by atoms with van der Waals surface area (Å²) in [6, 6.07) is 5.23. The zero-order valence-corrected chi connectivity index (χ0v) is 9.28. The number of furan rings is 1. The van der Waals surface area contributed by atoms with Gasteiger partial charge in [0.05, 0.1) is 6.26 Å². The Morgan fingerprint density at radius 1 is 1.47 bits per heavy atom. The first kappa shape index (κ1) is 10.5. The fourth-order valence-corrected chi connectivity index (χ4v) is 2.05. The van der Waals surface area contributed by atoms with Gasteiger partial charge in [-0.25, -0.2) is 0 Å². The topological polar surface area (TPSA) is 25.2 Å². The van der Waals surface area contributed by atoms with Crippen molar-refractivity contribution >= 4 is 0 Å². The van der Waals surface area contributed by atoms with Crippen LogP contribution in [0.3, 0.4) is 0 Å². The van der Waals surface area contributed by atoms with Gasteiger partial charge in [0.2, 0.25) is 0 Å². The predicted octanol–water partition coefficient (Wildman–Crippen LogP) is 2.91. The Labute approximate surface area is 91.4 Å². The third-order valence-corrected chi connectivity index (χ3v) is 2.93. The molecule has 0 spiro atoms. The molecule has 0 amide bonds. The monoisotopic (exact) mass is 205 g/mol. The van der Waals surface area contributed by atoms with Gasteiger partial charge in [0.1, 0.15) is 5.76 Å². The van der Waals surface area contributed by atoms with E-state index in [1.807, 2.05) is 12.1 Å². The molecule has 0 aromatic carbocycles. The van der Waals surface area contributed by atoms with Crippen LogP contribution in [0.15, 0.2) is 35.0 Å². The molecule has 2 rings (SSSR count). The molecule has 0 saturated heterocycles. The highest BCUT2D eigenvalue weighted by atomic mass is 16.3. The van der Waals surface area contributed by atoms with Crippen LogP contribution in [0.25, 0.3) is 0 Å². The minimum absolute atomic E-state index is 0.569. The molecule has 1 N–H and O–H groups in total. The Morgan fingerprint density at radius 3 is 2.93 bits per heavy atom. The first-order valence-electron chi connectivity index (χ1n) is 5.78. The van der Waals surface area contributed by atoms with E-state index in [0.717, 1.165) is 18.6 Å². The molecule has 0 aliphatic heterocycles. The molecule has 2 nitrogen and oxygen atoms in total. The number of aryl methyl sites for hydroxylation is 1. The number of hydrogen-bond acceptors (Lipinski definition) is 2. The molecule has 2 heteroatoms. The first-order valence-corrected chi connectivity index (χ1v) is 5.78. The van der Waals surface area contributed by atoms with Crippen molar-refractivity contribution in [2.24, 2.45) is 0 Å². The summed E-state index contributed by atoms with van der Waals surface area (Å²) >= 11 is 0. The van der Waals surface area contributed by atoms with E-state index < -0.39 is 0 Å². The fraction of sp³-hybridized carbons (Fsp3) is 0.538. The second-order valence-electron chi connectivity index (χ2n) is 4.33. The van der Waals surface area contributed by atoms with E-state index in [2.05, 4.69) is 24.4 Å². The summed E-state index contributed by atoms with van der Waals surface area (Å²) in [5, 5.41) is 3.64. The largest absolute Gasteiger partial charge is 0.469 e. The van der Waals surface area contributed by atoms with Crippen LogP contribution >= 0.6 is 0 Å². The third-order valence-electron chi connectivity index (χ3n) is 2.93. The summed E-state index contributed by atoms with van der Waals surface area (Å²) in [6.07, 6.45) is 10.8. The Bertz CT molecular complexity index is 294. The van der Waals surface area contributed by atoms with Crippen molar-refractivity contribution in [3.05, 3.63) is 36.3 Å². The molecule has 1 heterocycles. The smallest absolute Gasteiger partial charge is 0.103 e. The van der Waals surface area contributed by atoms with Gasteiger partial charge < -0.3 is 9.73 Å². The molecule has 1 aliphatic carbocycles. The average Bonchev–Trinajstić information content (AvgIpc) is 2.86. The van der Waals surface area contributed by atoms with E-state index in [1.165, 1.54) is 12.8 Å². The summed E-state index contributed by atoms with van der Waals surface area (Å²) in [7, 11) is 0. The lowest BCUT2D eigenvalue weighted by Gasteiger charge is -2.18. The molecule has 1 atom stereocenters. The normalized spacial score (nSPS) is 18.5. The molecule has 0 bridgehead atoms. The summed E-state index contributed by atoms with van der Waals surface area (Å²) in [4.78, 5) is 0. The quantitative estimate of drug-likeness (QED) is 0.748. The van der Waals surface area contributed by atoms with Crippen LogP contribution in [0.5, 0.6) is 0 Å². The van der Waals surface area contributed by atoms with Crippen molar-refractivity contribution in [2.75, 3.05) is 0 Å². The SMILES string of the molecule is CC(CCc1ccco1)NC1CC=CC1. The minimum atomic E-state index is 0.569. The van der Waals surface area contributed by atoms with Crippen LogP contribution in [-0.4, -0.2) is 12.1 Å². The molecule has 15 heavy (non-hydrogen) atoms. The summed E-state index contributed by atoms with van der Waals surface area (Å²) < 4.78 is 5.31. The lowest BCUT2D eigenvalue weighted by atomic mass is 10.1. The Balaban J connectivity index is 1.66. The summed E-state index contributed by atoms with van der Waals surface area (Å²) in [6.45, 7) is 2.25. The van der Waals surface area contributed by atoms with Crippen LogP contribution in [0.1, 0.15) is 31.9 Å². The average molecular weight is 205 g/mol. The molecule has 0 fully saturated rings. The molecule has 1 aromatic heterocycles. The van der Waals surface area contributed by atoms with Crippen LogP contribution in [0.2, 0.25) is 0 Å². The molecule has 82 valence electrons. The lowest BCUT2D eigenvalue weighted by Crippen LogP contribution is -2.35. The van der Waals surface area contributed by atoms with Crippen molar-refractivity contribution < 1.29 is 4.42 Å². The van der Waals surface area contributed by atoms with Crippen molar-refractivity contribution in [1.29, 1.82) is 0 Å². The highest BCUT2D eigenvalue weighted by Gasteiger charge is 2.12. The van der Waals surface area contributed by atoms with Crippen molar-refractivity contribution in [3.63, 3.8) is 0 Å². The first-order chi connectivity index (χ1) is 7.34. The van der Waals surface area contributed by atoms with Crippen LogP contribution in [0.4, 0.5) is 0 Å². The van der Waals surface area contributed by atoms with Gasteiger partial charge >= 0.3 is 0 Å². The van der Waals surface area contributed by atoms with Crippen LogP contribution < -0.4 is 5.32 Å². The number of rotatable bonds is 5. The number of hydrogen-bond donors (Lipinski definition) is 1. The molecular weight excluding hydrogens is 186 g/mol. The van der Waals surface area contributed by atoms with Gasteiger partial charge in [0, 0.05) is 18.5 Å². The van der Waals surface area contributed by atoms with Gasteiger partial charge in [0.25, 0.3) is 0 Å². The van der Waals surface area contributed by atoms with E-state index in [4.69, 9.17) is 4.42 Å². The van der Waals surface area contributed by atoms with Crippen molar-refractivity contribution in [1.82, 2.24) is 5.32 Å². The minimum Gasteiger partial charge on any atom is -0.469 e. The molecule has 0 radical (unpaired) electrons. The third kappa shape index (κ3) is 3.24. The van der Waals surface area contributed by atoms with E-state index in [9.17, 15) is 0 Å². The number of nitrogens with one attached hydrogen (secondary N) is 1. The van der Waals surface area contributed by atoms with E-state index >= 15 is 0 Å². The van der Waals surface area contributed by atoms with E-state index in [0.29, 0.717) is 12.1 Å². The van der Waals surface area contributed by atoms with E-state index in [-0.39, 0.29) is 0 Å². The van der Waals surface area contributed by atoms with Gasteiger partial charge in [0.15, 0.2) is 0 Å². The Morgan fingerprint density at radius 2 is 2.27 bits per heavy atom. The standard InChI is InChI=1S/C13H19NO/c1-11(14-12-5-2-3-6-12)8-9-13-7-4-10-15-13/h2-4,7,10-12,14H,5-6,8-9H2,1H3. The van der Waals surface area contributed by atoms with Crippen molar-refractivity contribution in [2.45, 2.75) is 44.7 Å². The van der Waals surface area contributed by atoms with Gasteiger partial charge in [-0.15, -0.1) is 0 Å². The fourth-order valence-electron chi connectivity index (χ4n) is 2.05. The van der Waals surface area contributed by atoms with Gasteiger partial charge in [-0.2, -0.15) is 0 Å². The van der Waals surface area contributed by atoms with Gasteiger partial charge in [-0.1, -0.05) is 12.2 Å². The predicted molar refractivity (Wildman–Crippen MR) is 61.8 cm³/mol. The van der Waals surface area contributed by atoms with Crippen LogP contribution in [-0.2, 0) is 6.42 Å². The van der Waals surface area contributed by atoms with Gasteiger partial charge in [-0.3, -0.25) is 0 Å². The highest BCUT2D eigenvalue weighted by Crippen LogP contribution is 2.12. The zero-order chi connectivity index (χ0) is 10.5. The Hall–Kier alpha value is -1.02. The highest BCUT2D eigenvalue weighted by molar-refractivity contribution is 5.00. The molecular formula is C13H19NO. The second-order valence-corrected chi connectivity index (χ2v) is 4.33. The molecule has 1 unspecified atom stereocenters. The maximum atomic E-state index is 5.31. The molecule has 1 aromatic rings.